The maximum atomic E-state index is 9.57. The normalized spacial score (nSPS) is 13.0. The molecule has 1 aliphatic carbocycles. The number of nitriles is 1. The molecule has 9 rings (SSSR count). The Morgan fingerprint density at radius 3 is 2.44 bits per heavy atom. The van der Waals surface area contributed by atoms with Crippen molar-refractivity contribution in [3.8, 4) is 22.9 Å². The van der Waals surface area contributed by atoms with Crippen LogP contribution in [0.1, 0.15) is 23.3 Å². The van der Waals surface area contributed by atoms with Gasteiger partial charge in [0.15, 0.2) is 5.58 Å². The van der Waals surface area contributed by atoms with Gasteiger partial charge in [-0.05, 0) is 48.4 Å². The van der Waals surface area contributed by atoms with Gasteiger partial charge in [-0.25, -0.2) is 0 Å². The van der Waals surface area contributed by atoms with E-state index in [4.69, 9.17) is 8.83 Å². The summed E-state index contributed by atoms with van der Waals surface area (Å²) in [6.45, 7) is 0. The van der Waals surface area contributed by atoms with Crippen molar-refractivity contribution in [2.45, 2.75) is 12.8 Å². The first kappa shape index (κ1) is 22.3. The van der Waals surface area contributed by atoms with E-state index in [2.05, 4.69) is 89.5 Å². The Kier molecular flexibility index (Phi) is 4.48. The number of fused-ring (bicyclic) bond motifs is 9. The highest BCUT2D eigenvalue weighted by molar-refractivity contribution is 6.17. The number of furan rings is 2. The molecule has 0 saturated heterocycles. The van der Waals surface area contributed by atoms with Gasteiger partial charge in [0.05, 0.1) is 28.4 Å². The molecule has 0 fully saturated rings. The van der Waals surface area contributed by atoms with Gasteiger partial charge in [0.25, 0.3) is 0 Å². The lowest BCUT2D eigenvalue weighted by molar-refractivity contribution is 0.547. The van der Waals surface area contributed by atoms with Crippen LogP contribution in [0.2, 0.25) is 0 Å². The lowest BCUT2D eigenvalue weighted by atomic mass is 9.96. The van der Waals surface area contributed by atoms with Gasteiger partial charge < -0.3 is 13.4 Å². The van der Waals surface area contributed by atoms with Gasteiger partial charge in [0.2, 0.25) is 0 Å². The summed E-state index contributed by atoms with van der Waals surface area (Å²) in [5.41, 5.74) is 9.70. The molecule has 5 aromatic carbocycles. The second kappa shape index (κ2) is 8.24. The van der Waals surface area contributed by atoms with E-state index in [-0.39, 0.29) is 0 Å². The molecule has 0 spiro atoms. The fourth-order valence-corrected chi connectivity index (χ4v) is 6.72. The predicted molar refractivity (Wildman–Crippen MR) is 165 cm³/mol. The molecule has 4 nitrogen and oxygen atoms in total. The lowest BCUT2D eigenvalue weighted by Gasteiger charge is -2.09. The van der Waals surface area contributed by atoms with Crippen molar-refractivity contribution < 1.29 is 8.83 Å². The van der Waals surface area contributed by atoms with E-state index in [1.165, 1.54) is 5.56 Å². The van der Waals surface area contributed by atoms with Crippen LogP contribution in [0.4, 0.5) is 0 Å². The first-order valence-corrected chi connectivity index (χ1v) is 13.9. The van der Waals surface area contributed by atoms with Crippen LogP contribution in [0.25, 0.3) is 77.6 Å². The molecule has 8 aromatic rings. The molecule has 3 heterocycles. The summed E-state index contributed by atoms with van der Waals surface area (Å²) in [7, 11) is 0. The number of rotatable bonds is 2. The molecular weight excluding hydrogens is 504 g/mol. The van der Waals surface area contributed by atoms with Crippen LogP contribution in [0, 0.1) is 11.3 Å². The van der Waals surface area contributed by atoms with E-state index >= 15 is 0 Å². The Hall–Kier alpha value is -5.53. The quantitative estimate of drug-likeness (QED) is 0.225. The first-order chi connectivity index (χ1) is 20.3. The second-order valence-electron chi connectivity index (χ2n) is 10.7. The zero-order valence-corrected chi connectivity index (χ0v) is 22.0. The van der Waals surface area contributed by atoms with E-state index in [1.807, 2.05) is 30.3 Å². The minimum atomic E-state index is 0.649. The van der Waals surface area contributed by atoms with Crippen LogP contribution in [-0.4, -0.2) is 4.57 Å². The van der Waals surface area contributed by atoms with Gasteiger partial charge in [-0.15, -0.1) is 0 Å². The third-order valence-corrected chi connectivity index (χ3v) is 8.49. The van der Waals surface area contributed by atoms with Gasteiger partial charge in [0.1, 0.15) is 16.9 Å². The molecule has 0 aliphatic heterocycles. The molecule has 41 heavy (non-hydrogen) atoms. The largest absolute Gasteiger partial charge is 0.460 e. The van der Waals surface area contributed by atoms with Crippen molar-refractivity contribution >= 4 is 60.8 Å². The zero-order chi connectivity index (χ0) is 27.1. The molecule has 0 unspecified atom stereocenters. The van der Waals surface area contributed by atoms with Gasteiger partial charge >= 0.3 is 0 Å². The molecule has 192 valence electrons. The smallest absolute Gasteiger partial charge is 0.159 e. The van der Waals surface area contributed by atoms with Crippen molar-refractivity contribution in [3.63, 3.8) is 0 Å². The Balaban J connectivity index is 1.35. The molecule has 3 aromatic heterocycles. The van der Waals surface area contributed by atoms with E-state index in [0.29, 0.717) is 5.56 Å². The number of benzene rings is 5. The Labute approximate surface area is 234 Å². The van der Waals surface area contributed by atoms with E-state index in [9.17, 15) is 5.26 Å². The van der Waals surface area contributed by atoms with E-state index in [0.717, 1.165) is 90.1 Å². The van der Waals surface area contributed by atoms with Crippen LogP contribution in [0.15, 0.2) is 112 Å². The molecule has 0 atom stereocenters. The highest BCUT2D eigenvalue weighted by atomic mass is 16.3. The van der Waals surface area contributed by atoms with Gasteiger partial charge in [0, 0.05) is 44.5 Å². The third kappa shape index (κ3) is 3.03. The summed E-state index contributed by atoms with van der Waals surface area (Å²) in [6, 6.07) is 35.6. The molecule has 1 aliphatic rings. The molecule has 0 bridgehead atoms. The molecule has 0 radical (unpaired) electrons. The molecule has 4 heteroatoms. The zero-order valence-electron chi connectivity index (χ0n) is 22.0. The summed E-state index contributed by atoms with van der Waals surface area (Å²) < 4.78 is 15.4. The Morgan fingerprint density at radius 2 is 1.49 bits per heavy atom. The second-order valence-corrected chi connectivity index (χ2v) is 10.7. The van der Waals surface area contributed by atoms with Crippen LogP contribution >= 0.6 is 0 Å². The molecule has 0 saturated carbocycles. The number of hydrogen-bond donors (Lipinski definition) is 0. The maximum Gasteiger partial charge on any atom is 0.159 e. The molecule has 0 N–H and O–H groups in total. The fraction of sp³-hybridized carbons (Fsp3) is 0.0541. The average molecular weight is 527 g/mol. The minimum absolute atomic E-state index is 0.649. The Morgan fingerprint density at radius 1 is 0.683 bits per heavy atom. The first-order valence-electron chi connectivity index (χ1n) is 13.9. The van der Waals surface area contributed by atoms with E-state index in [1.54, 1.807) is 0 Å². The number of allylic oxidation sites excluding steroid dienone is 1. The van der Waals surface area contributed by atoms with Gasteiger partial charge in [-0.2, -0.15) is 5.26 Å². The summed E-state index contributed by atoms with van der Waals surface area (Å²) in [5.74, 6) is 1.06. The van der Waals surface area contributed by atoms with Crippen molar-refractivity contribution in [1.29, 1.82) is 5.26 Å². The average Bonchev–Trinajstić information content (AvgIpc) is 3.70. The highest BCUT2D eigenvalue weighted by Gasteiger charge is 2.22. The molecule has 0 amide bonds. The minimum Gasteiger partial charge on any atom is -0.460 e. The van der Waals surface area contributed by atoms with Gasteiger partial charge in [-0.1, -0.05) is 72.8 Å². The number of aryl methyl sites for hydroxylation is 1. The number of para-hydroxylation sites is 3. The van der Waals surface area contributed by atoms with E-state index < -0.39 is 0 Å². The summed E-state index contributed by atoms with van der Waals surface area (Å²) in [4.78, 5) is 0. The number of hydrogen-bond acceptors (Lipinski definition) is 3. The third-order valence-electron chi connectivity index (χ3n) is 8.49. The fourth-order valence-electron chi connectivity index (χ4n) is 6.72. The lowest BCUT2D eigenvalue weighted by Crippen LogP contribution is -1.94. The monoisotopic (exact) mass is 526 g/mol. The number of aromatic nitrogens is 1. The standard InChI is InChI=1S/C37H22N2O2/c38-21-22-18-19-31-29(20-22)23-8-1-3-14-30(23)39(31)32-15-6-13-28-35-25(10-7-17-34(35)41-37(28)32)27-12-5-11-26-24-9-2-4-16-33(24)40-36(26)27/h1-3,5-15,17-20H,4,16H2. The van der Waals surface area contributed by atoms with Crippen molar-refractivity contribution in [1.82, 2.24) is 4.57 Å². The van der Waals surface area contributed by atoms with Crippen molar-refractivity contribution in [2.75, 3.05) is 0 Å². The highest BCUT2D eigenvalue weighted by Crippen LogP contribution is 2.44. The number of nitrogens with zero attached hydrogens (tertiary/aromatic N) is 2. The van der Waals surface area contributed by atoms with Crippen molar-refractivity contribution in [2.24, 2.45) is 0 Å². The van der Waals surface area contributed by atoms with Crippen LogP contribution < -0.4 is 0 Å². The van der Waals surface area contributed by atoms with Gasteiger partial charge in [-0.3, -0.25) is 0 Å². The summed E-state index contributed by atoms with van der Waals surface area (Å²) in [5, 5.41) is 15.0. The maximum absolute atomic E-state index is 9.57. The molecular formula is C37H22N2O2. The SMILES string of the molecule is N#Cc1ccc2c(c1)c1ccccc1n2-c1cccc2c1oc1cccc(-c3cccc4c5c(oc34)CCC=C5)c12. The van der Waals surface area contributed by atoms with Crippen LogP contribution in [-0.2, 0) is 6.42 Å². The van der Waals surface area contributed by atoms with Crippen molar-refractivity contribution in [3.05, 3.63) is 120 Å². The Bertz CT molecular complexity index is 2440. The topological polar surface area (TPSA) is 55.0 Å². The summed E-state index contributed by atoms with van der Waals surface area (Å²) >= 11 is 0. The van der Waals surface area contributed by atoms with Crippen LogP contribution in [0.3, 0.4) is 0 Å². The summed E-state index contributed by atoms with van der Waals surface area (Å²) in [6.07, 6.45) is 6.36. The van der Waals surface area contributed by atoms with Crippen LogP contribution in [0.5, 0.6) is 0 Å². The predicted octanol–water partition coefficient (Wildman–Crippen LogP) is 9.93.